The molecule has 12 heteroatoms. The highest BCUT2D eigenvalue weighted by atomic mass is 35.5. The van der Waals surface area contributed by atoms with Crippen LogP contribution >= 0.6 is 24.8 Å². The molecule has 6 heterocycles. The van der Waals surface area contributed by atoms with Gasteiger partial charge in [-0.15, -0.1) is 24.8 Å². The van der Waals surface area contributed by atoms with E-state index >= 15 is 0 Å². The third kappa shape index (κ3) is 8.42. The summed E-state index contributed by atoms with van der Waals surface area (Å²) >= 11 is 0. The standard InChI is InChI=1S/2C19H22N4O.2ClH/c1-13-18(24-15-9-5-3-6-10-15)16-17(20-13)19(22-14(2)21-16)23-11-7-4-8-12-23;1-14-20-17-12-15(13-24-16-8-4-2-5-9-16)22-18(17)19(21-14)23-10-6-3-7-11-23;;/h3,5-6,9-10,20H,4,7-8,11-12H2,1-2H3;2,4-5,8-9,12,22H,3,6-7,10-11,13H2,1H3;2*1H. The summed E-state index contributed by atoms with van der Waals surface area (Å²) in [5, 5.41) is 0. The second-order valence-corrected chi connectivity index (χ2v) is 12.7. The van der Waals surface area contributed by atoms with Crippen molar-refractivity contribution in [3.63, 3.8) is 0 Å². The lowest BCUT2D eigenvalue weighted by atomic mass is 10.1. The molecular formula is C38H46Cl2N8O2. The van der Waals surface area contributed by atoms with Crippen molar-refractivity contribution in [2.24, 2.45) is 0 Å². The van der Waals surface area contributed by atoms with Gasteiger partial charge in [0.05, 0.1) is 16.9 Å². The summed E-state index contributed by atoms with van der Waals surface area (Å²) in [6.07, 6.45) is 7.51. The quantitative estimate of drug-likeness (QED) is 0.169. The Bertz CT molecular complexity index is 1970. The van der Waals surface area contributed by atoms with Crippen LogP contribution in [0, 0.1) is 20.8 Å². The van der Waals surface area contributed by atoms with Crippen LogP contribution in [0.25, 0.3) is 22.1 Å². The maximum atomic E-state index is 6.12. The predicted molar refractivity (Wildman–Crippen MR) is 206 cm³/mol. The summed E-state index contributed by atoms with van der Waals surface area (Å²) in [5.41, 5.74) is 5.83. The summed E-state index contributed by atoms with van der Waals surface area (Å²) in [4.78, 5) is 30.3. The third-order valence-electron chi connectivity index (χ3n) is 8.91. The molecule has 4 aromatic heterocycles. The van der Waals surface area contributed by atoms with Crippen LogP contribution in [0.4, 0.5) is 11.6 Å². The third-order valence-corrected chi connectivity index (χ3v) is 8.91. The highest BCUT2D eigenvalue weighted by Crippen LogP contribution is 2.36. The number of ether oxygens (including phenoxy) is 2. The van der Waals surface area contributed by atoms with Gasteiger partial charge in [0.1, 0.15) is 46.3 Å². The number of anilines is 2. The van der Waals surface area contributed by atoms with E-state index in [-0.39, 0.29) is 24.8 Å². The summed E-state index contributed by atoms with van der Waals surface area (Å²) in [6.45, 7) is 10.7. The topological polar surface area (TPSA) is 108 Å². The molecule has 2 fully saturated rings. The average molecular weight is 718 g/mol. The second-order valence-electron chi connectivity index (χ2n) is 12.7. The molecule has 2 saturated heterocycles. The number of para-hydroxylation sites is 2. The van der Waals surface area contributed by atoms with Gasteiger partial charge in [0.25, 0.3) is 0 Å². The first-order valence-electron chi connectivity index (χ1n) is 17.2. The number of H-pyrrole nitrogens is 2. The highest BCUT2D eigenvalue weighted by Gasteiger charge is 2.22. The Hall–Kier alpha value is -4.54. The van der Waals surface area contributed by atoms with Crippen LogP contribution in [-0.2, 0) is 6.61 Å². The molecule has 0 unspecified atom stereocenters. The molecule has 0 aliphatic carbocycles. The van der Waals surface area contributed by atoms with Gasteiger partial charge in [-0.2, -0.15) is 0 Å². The zero-order chi connectivity index (χ0) is 32.9. The summed E-state index contributed by atoms with van der Waals surface area (Å²) < 4.78 is 12.0. The van der Waals surface area contributed by atoms with Gasteiger partial charge in [0, 0.05) is 26.2 Å². The summed E-state index contributed by atoms with van der Waals surface area (Å²) in [5.74, 6) is 6.11. The first kappa shape index (κ1) is 36.7. The SMILES string of the molecule is Cc1nc(N2CCCCC2)c2[nH]c(C)c(Oc3ccccc3)c2n1.Cc1nc(N2CCCCC2)c2[nH]c(COc3ccccc3)cc2n1.Cl.Cl. The molecule has 0 bridgehead atoms. The number of nitrogens with one attached hydrogen (secondary N) is 2. The number of aromatic amines is 2. The number of aryl methyl sites for hydroxylation is 3. The molecule has 0 saturated carbocycles. The zero-order valence-corrected chi connectivity index (χ0v) is 30.6. The van der Waals surface area contributed by atoms with Crippen LogP contribution in [0.3, 0.4) is 0 Å². The molecule has 0 spiro atoms. The Balaban J connectivity index is 0.000000187. The van der Waals surface area contributed by atoms with E-state index < -0.39 is 0 Å². The average Bonchev–Trinajstić information content (AvgIpc) is 3.68. The maximum absolute atomic E-state index is 6.12. The van der Waals surface area contributed by atoms with Gasteiger partial charge >= 0.3 is 0 Å². The Kier molecular flexibility index (Phi) is 12.4. The van der Waals surface area contributed by atoms with Gasteiger partial charge in [0.15, 0.2) is 17.4 Å². The largest absolute Gasteiger partial charge is 0.487 e. The van der Waals surface area contributed by atoms with Crippen molar-refractivity contribution >= 4 is 58.5 Å². The Morgan fingerprint density at radius 3 is 1.76 bits per heavy atom. The minimum Gasteiger partial charge on any atom is -0.487 e. The van der Waals surface area contributed by atoms with E-state index in [4.69, 9.17) is 19.4 Å². The zero-order valence-electron chi connectivity index (χ0n) is 28.9. The van der Waals surface area contributed by atoms with Gasteiger partial charge in [-0.3, -0.25) is 0 Å². The van der Waals surface area contributed by atoms with Gasteiger partial charge in [-0.05, 0) is 89.6 Å². The van der Waals surface area contributed by atoms with Crippen molar-refractivity contribution in [2.75, 3.05) is 36.0 Å². The molecular weight excluding hydrogens is 671 g/mol. The van der Waals surface area contributed by atoms with Crippen molar-refractivity contribution in [3.05, 3.63) is 89.8 Å². The number of rotatable bonds is 7. The Morgan fingerprint density at radius 1 is 0.620 bits per heavy atom. The van der Waals surface area contributed by atoms with Crippen LogP contribution in [0.15, 0.2) is 66.7 Å². The molecule has 2 N–H and O–H groups in total. The Labute approximate surface area is 305 Å². The van der Waals surface area contributed by atoms with Crippen LogP contribution in [0.5, 0.6) is 17.2 Å². The van der Waals surface area contributed by atoms with Crippen molar-refractivity contribution in [1.82, 2.24) is 29.9 Å². The molecule has 264 valence electrons. The first-order chi connectivity index (χ1) is 23.5. The number of halogens is 2. The fourth-order valence-corrected chi connectivity index (χ4v) is 6.58. The molecule has 50 heavy (non-hydrogen) atoms. The summed E-state index contributed by atoms with van der Waals surface area (Å²) in [6, 6.07) is 21.8. The van der Waals surface area contributed by atoms with Gasteiger partial charge in [-0.1, -0.05) is 36.4 Å². The molecule has 0 amide bonds. The molecule has 0 atom stereocenters. The fraction of sp³-hybridized carbons (Fsp3) is 0.368. The number of hydrogen-bond acceptors (Lipinski definition) is 8. The lowest BCUT2D eigenvalue weighted by molar-refractivity contribution is 0.302. The van der Waals surface area contributed by atoms with Gasteiger partial charge in [0.2, 0.25) is 0 Å². The van der Waals surface area contributed by atoms with E-state index in [0.29, 0.717) is 6.61 Å². The highest BCUT2D eigenvalue weighted by molar-refractivity contribution is 5.92. The van der Waals surface area contributed by atoms with Crippen LogP contribution in [-0.4, -0.2) is 56.1 Å². The minimum absolute atomic E-state index is 0. The van der Waals surface area contributed by atoms with Crippen molar-refractivity contribution in [3.8, 4) is 17.2 Å². The van der Waals surface area contributed by atoms with Gasteiger partial charge in [-0.25, -0.2) is 19.9 Å². The first-order valence-corrected chi connectivity index (χ1v) is 17.2. The van der Waals surface area contributed by atoms with Crippen LogP contribution in [0.2, 0.25) is 0 Å². The fourth-order valence-electron chi connectivity index (χ4n) is 6.58. The molecule has 2 aliphatic heterocycles. The monoisotopic (exact) mass is 716 g/mol. The smallest absolute Gasteiger partial charge is 0.174 e. The number of fused-ring (bicyclic) bond motifs is 2. The van der Waals surface area contributed by atoms with E-state index in [1.807, 2.05) is 81.4 Å². The molecule has 10 nitrogen and oxygen atoms in total. The predicted octanol–water partition coefficient (Wildman–Crippen LogP) is 9.04. The number of hydrogen-bond donors (Lipinski definition) is 2. The van der Waals surface area contributed by atoms with Gasteiger partial charge < -0.3 is 29.2 Å². The lowest BCUT2D eigenvalue weighted by Crippen LogP contribution is -2.30. The van der Waals surface area contributed by atoms with E-state index in [1.165, 1.54) is 38.5 Å². The normalized spacial score (nSPS) is 14.4. The van der Waals surface area contributed by atoms with E-state index in [1.54, 1.807) is 0 Å². The molecule has 2 aliphatic rings. The number of nitrogens with zero attached hydrogens (tertiary/aromatic N) is 6. The van der Waals surface area contributed by atoms with E-state index in [9.17, 15) is 0 Å². The van der Waals surface area contributed by atoms with Crippen molar-refractivity contribution < 1.29 is 9.47 Å². The van der Waals surface area contributed by atoms with Crippen LogP contribution < -0.4 is 19.3 Å². The molecule has 8 rings (SSSR count). The number of piperidine rings is 2. The van der Waals surface area contributed by atoms with E-state index in [0.717, 1.165) is 100 Å². The molecule has 6 aromatic rings. The second kappa shape index (κ2) is 16.9. The molecule has 2 aromatic carbocycles. The minimum atomic E-state index is 0. The Morgan fingerprint density at radius 2 is 1.16 bits per heavy atom. The number of aromatic nitrogens is 6. The lowest BCUT2D eigenvalue weighted by Gasteiger charge is -2.28. The maximum Gasteiger partial charge on any atom is 0.174 e. The van der Waals surface area contributed by atoms with Crippen molar-refractivity contribution in [1.29, 1.82) is 0 Å². The summed E-state index contributed by atoms with van der Waals surface area (Å²) in [7, 11) is 0. The van der Waals surface area contributed by atoms with Crippen LogP contribution in [0.1, 0.15) is 61.6 Å². The van der Waals surface area contributed by atoms with E-state index in [2.05, 4.69) is 35.8 Å². The molecule has 0 radical (unpaired) electrons. The number of benzene rings is 2. The van der Waals surface area contributed by atoms with Crippen molar-refractivity contribution in [2.45, 2.75) is 65.9 Å².